The highest BCUT2D eigenvalue weighted by molar-refractivity contribution is 5.57. The highest BCUT2D eigenvalue weighted by Gasteiger charge is 2.27. The van der Waals surface area contributed by atoms with Crippen LogP contribution in [0.2, 0.25) is 0 Å². The Balaban J connectivity index is 2.08. The van der Waals surface area contributed by atoms with Crippen LogP contribution in [0.5, 0.6) is 0 Å². The Kier molecular flexibility index (Phi) is 4.81. The maximum atomic E-state index is 5.45. The summed E-state index contributed by atoms with van der Waals surface area (Å²) in [5, 5.41) is 6.81. The molecule has 0 amide bonds. The van der Waals surface area contributed by atoms with Gasteiger partial charge in [0, 0.05) is 31.9 Å². The van der Waals surface area contributed by atoms with Crippen LogP contribution in [0.25, 0.3) is 0 Å². The van der Waals surface area contributed by atoms with E-state index in [2.05, 4.69) is 41.4 Å². The summed E-state index contributed by atoms with van der Waals surface area (Å²) < 4.78 is 5.45. The molecule has 112 valence electrons. The average Bonchev–Trinajstić information content (AvgIpc) is 2.42. The second-order valence-electron chi connectivity index (χ2n) is 5.90. The Bertz CT molecular complexity index is 455. The summed E-state index contributed by atoms with van der Waals surface area (Å²) in [5.41, 5.74) is 1.38. The first-order valence-corrected chi connectivity index (χ1v) is 7.45. The second-order valence-corrected chi connectivity index (χ2v) is 5.90. The summed E-state index contributed by atoms with van der Waals surface area (Å²) in [5.74, 6) is 2.67. The lowest BCUT2D eigenvalue weighted by Crippen LogP contribution is -2.33. The largest absolute Gasteiger partial charge is 0.381 e. The molecule has 20 heavy (non-hydrogen) atoms. The van der Waals surface area contributed by atoms with Gasteiger partial charge in [0.05, 0.1) is 0 Å². The van der Waals surface area contributed by atoms with Crippen molar-refractivity contribution < 1.29 is 4.74 Å². The van der Waals surface area contributed by atoms with Crippen molar-refractivity contribution in [2.45, 2.75) is 40.5 Å². The van der Waals surface area contributed by atoms with Gasteiger partial charge < -0.3 is 15.4 Å². The number of rotatable bonds is 5. The fraction of sp³-hybridized carbons (Fsp3) is 0.733. The summed E-state index contributed by atoms with van der Waals surface area (Å²) in [6, 6.07) is 0. The highest BCUT2D eigenvalue weighted by atomic mass is 16.5. The molecule has 1 fully saturated rings. The quantitative estimate of drug-likeness (QED) is 0.867. The van der Waals surface area contributed by atoms with E-state index in [0.29, 0.717) is 5.41 Å². The zero-order valence-electron chi connectivity index (χ0n) is 13.0. The summed E-state index contributed by atoms with van der Waals surface area (Å²) in [6.07, 6.45) is 2.20. The number of hydrogen-bond donors (Lipinski definition) is 2. The first-order valence-electron chi connectivity index (χ1n) is 7.45. The van der Waals surface area contributed by atoms with E-state index in [0.717, 1.165) is 62.2 Å². The maximum absolute atomic E-state index is 5.45. The third-order valence-electron chi connectivity index (χ3n) is 3.98. The molecular weight excluding hydrogens is 252 g/mol. The molecular formula is C15H26N4O. The van der Waals surface area contributed by atoms with E-state index in [-0.39, 0.29) is 0 Å². The van der Waals surface area contributed by atoms with Crippen LogP contribution in [0.3, 0.4) is 0 Å². The summed E-state index contributed by atoms with van der Waals surface area (Å²) >= 11 is 0. The van der Waals surface area contributed by atoms with Crippen molar-refractivity contribution in [2.24, 2.45) is 5.41 Å². The van der Waals surface area contributed by atoms with Crippen molar-refractivity contribution in [3.8, 4) is 0 Å². The molecule has 1 aromatic heterocycles. The Labute approximate surface area is 121 Å². The van der Waals surface area contributed by atoms with Gasteiger partial charge in [-0.05, 0) is 39.0 Å². The minimum Gasteiger partial charge on any atom is -0.381 e. The molecule has 0 radical (unpaired) electrons. The van der Waals surface area contributed by atoms with E-state index >= 15 is 0 Å². The van der Waals surface area contributed by atoms with Gasteiger partial charge in [0.2, 0.25) is 0 Å². The Morgan fingerprint density at radius 2 is 1.70 bits per heavy atom. The number of ether oxygens (including phenoxy) is 1. The van der Waals surface area contributed by atoms with Gasteiger partial charge in [0.1, 0.15) is 17.5 Å². The molecule has 5 heteroatoms. The van der Waals surface area contributed by atoms with E-state index in [1.165, 1.54) is 0 Å². The van der Waals surface area contributed by atoms with Gasteiger partial charge in [-0.1, -0.05) is 6.92 Å². The van der Waals surface area contributed by atoms with E-state index in [4.69, 9.17) is 4.74 Å². The number of nitrogens with one attached hydrogen (secondary N) is 2. The van der Waals surface area contributed by atoms with Gasteiger partial charge >= 0.3 is 0 Å². The monoisotopic (exact) mass is 278 g/mol. The molecule has 0 bridgehead atoms. The molecule has 2 heterocycles. The van der Waals surface area contributed by atoms with Crippen LogP contribution < -0.4 is 10.6 Å². The smallest absolute Gasteiger partial charge is 0.134 e. The van der Waals surface area contributed by atoms with Crippen LogP contribution in [-0.4, -0.2) is 36.3 Å². The summed E-state index contributed by atoms with van der Waals surface area (Å²) in [7, 11) is 0. The highest BCUT2D eigenvalue weighted by Crippen LogP contribution is 2.30. The third kappa shape index (κ3) is 3.60. The van der Waals surface area contributed by atoms with Crippen molar-refractivity contribution in [2.75, 3.05) is 36.9 Å². The van der Waals surface area contributed by atoms with Gasteiger partial charge in [-0.2, -0.15) is 0 Å². The SMILES string of the molecule is CCNc1nc(C)nc(NCC2(C)CCOCC2)c1C. The molecule has 0 aromatic carbocycles. The number of aryl methyl sites for hydroxylation is 1. The second kappa shape index (κ2) is 6.39. The van der Waals surface area contributed by atoms with Crippen molar-refractivity contribution in [3.63, 3.8) is 0 Å². The number of hydrogen-bond acceptors (Lipinski definition) is 5. The Morgan fingerprint density at radius 1 is 1.10 bits per heavy atom. The molecule has 2 N–H and O–H groups in total. The summed E-state index contributed by atoms with van der Waals surface area (Å²) in [4.78, 5) is 8.99. The lowest BCUT2D eigenvalue weighted by molar-refractivity contribution is 0.0299. The van der Waals surface area contributed by atoms with Gasteiger partial charge in [-0.25, -0.2) is 9.97 Å². The van der Waals surface area contributed by atoms with Crippen molar-refractivity contribution in [1.82, 2.24) is 9.97 Å². The first kappa shape index (κ1) is 15.0. The van der Waals surface area contributed by atoms with Crippen molar-refractivity contribution in [3.05, 3.63) is 11.4 Å². The van der Waals surface area contributed by atoms with Crippen LogP contribution >= 0.6 is 0 Å². The van der Waals surface area contributed by atoms with E-state index < -0.39 is 0 Å². The molecule has 0 aliphatic carbocycles. The normalized spacial score (nSPS) is 17.8. The lowest BCUT2D eigenvalue weighted by Gasteiger charge is -2.34. The van der Waals surface area contributed by atoms with Gasteiger partial charge in [0.15, 0.2) is 0 Å². The van der Waals surface area contributed by atoms with Gasteiger partial charge in [-0.3, -0.25) is 0 Å². The van der Waals surface area contributed by atoms with Crippen LogP contribution in [0.1, 0.15) is 38.1 Å². The van der Waals surface area contributed by atoms with Crippen molar-refractivity contribution in [1.29, 1.82) is 0 Å². The van der Waals surface area contributed by atoms with E-state index in [1.807, 2.05) is 6.92 Å². The molecule has 2 rings (SSSR count). The van der Waals surface area contributed by atoms with Crippen LogP contribution in [0.4, 0.5) is 11.6 Å². The number of anilines is 2. The Hall–Kier alpha value is -1.36. The first-order chi connectivity index (χ1) is 9.54. The number of aromatic nitrogens is 2. The predicted molar refractivity (Wildman–Crippen MR) is 82.3 cm³/mol. The van der Waals surface area contributed by atoms with Crippen LogP contribution in [0.15, 0.2) is 0 Å². The summed E-state index contributed by atoms with van der Waals surface area (Å²) in [6.45, 7) is 11.9. The van der Waals surface area contributed by atoms with E-state index in [1.54, 1.807) is 0 Å². The molecule has 1 saturated heterocycles. The molecule has 1 aliphatic rings. The Morgan fingerprint density at radius 3 is 2.30 bits per heavy atom. The van der Waals surface area contributed by atoms with Crippen molar-refractivity contribution >= 4 is 11.6 Å². The van der Waals surface area contributed by atoms with Crippen LogP contribution in [-0.2, 0) is 4.74 Å². The zero-order chi connectivity index (χ0) is 14.6. The average molecular weight is 278 g/mol. The van der Waals surface area contributed by atoms with E-state index in [9.17, 15) is 0 Å². The third-order valence-corrected chi connectivity index (χ3v) is 3.98. The molecule has 0 unspecified atom stereocenters. The lowest BCUT2D eigenvalue weighted by atomic mass is 9.82. The molecule has 0 atom stereocenters. The molecule has 5 nitrogen and oxygen atoms in total. The van der Waals surface area contributed by atoms with Crippen LogP contribution in [0, 0.1) is 19.3 Å². The number of nitrogens with zero attached hydrogens (tertiary/aromatic N) is 2. The zero-order valence-corrected chi connectivity index (χ0v) is 13.0. The molecule has 1 aromatic rings. The van der Waals surface area contributed by atoms with Gasteiger partial charge in [0.25, 0.3) is 0 Å². The molecule has 1 aliphatic heterocycles. The van der Waals surface area contributed by atoms with Gasteiger partial charge in [-0.15, -0.1) is 0 Å². The molecule has 0 saturated carbocycles. The topological polar surface area (TPSA) is 59.1 Å². The fourth-order valence-electron chi connectivity index (χ4n) is 2.48. The standard InChI is InChI=1S/C15H26N4O/c1-5-16-13-11(2)14(19-12(3)18-13)17-10-15(4)6-8-20-9-7-15/h5-10H2,1-4H3,(H2,16,17,18,19). The molecule has 0 spiro atoms. The maximum Gasteiger partial charge on any atom is 0.134 e. The minimum absolute atomic E-state index is 0.294. The predicted octanol–water partition coefficient (Wildman–Crippen LogP) is 2.75. The minimum atomic E-state index is 0.294. The fourth-order valence-corrected chi connectivity index (χ4v) is 2.48.